The third-order valence-corrected chi connectivity index (χ3v) is 6.58. The van der Waals surface area contributed by atoms with Crippen molar-refractivity contribution in [2.75, 3.05) is 37.7 Å². The first-order valence-electron chi connectivity index (χ1n) is 10.8. The Balaban J connectivity index is 1.67. The fourth-order valence-electron chi connectivity index (χ4n) is 3.15. The van der Waals surface area contributed by atoms with Crippen molar-refractivity contribution in [3.8, 4) is 17.2 Å². The van der Waals surface area contributed by atoms with Gasteiger partial charge in [0.1, 0.15) is 30.4 Å². The molecule has 0 aromatic heterocycles. The van der Waals surface area contributed by atoms with Crippen LogP contribution in [0, 0.1) is 0 Å². The number of benzene rings is 3. The van der Waals surface area contributed by atoms with Crippen molar-refractivity contribution >= 4 is 21.6 Å². The lowest BCUT2D eigenvalue weighted by atomic mass is 10.3. The average molecular weight is 485 g/mol. The second-order valence-electron chi connectivity index (χ2n) is 7.13. The number of carbonyl (C=O) groups is 1. The number of nitrogens with one attached hydrogen (secondary N) is 1. The summed E-state index contributed by atoms with van der Waals surface area (Å²) >= 11 is 0. The molecule has 0 radical (unpaired) electrons. The number of para-hydroxylation sites is 1. The van der Waals surface area contributed by atoms with Crippen molar-refractivity contribution in [1.29, 1.82) is 0 Å². The van der Waals surface area contributed by atoms with E-state index in [9.17, 15) is 13.2 Å². The first-order valence-corrected chi connectivity index (χ1v) is 12.2. The van der Waals surface area contributed by atoms with Crippen molar-refractivity contribution in [1.82, 2.24) is 5.32 Å². The van der Waals surface area contributed by atoms with Gasteiger partial charge in [-0.15, -0.1) is 0 Å². The highest BCUT2D eigenvalue weighted by Gasteiger charge is 2.27. The van der Waals surface area contributed by atoms with Crippen LogP contribution in [0.4, 0.5) is 5.69 Å². The SMILES string of the molecule is CCOc1ccc(S(=O)(=O)N(CC(=O)NCCOc2cccc(OC)c2)c2ccccc2)cc1. The molecule has 0 aliphatic carbocycles. The van der Waals surface area contributed by atoms with E-state index in [0.717, 1.165) is 4.31 Å². The second kappa shape index (κ2) is 11.9. The number of anilines is 1. The smallest absolute Gasteiger partial charge is 0.264 e. The molecule has 3 aromatic carbocycles. The standard InChI is InChI=1S/C25H28N2O6S/c1-3-32-21-12-14-24(15-13-21)34(29,30)27(20-8-5-4-6-9-20)19-25(28)26-16-17-33-23-11-7-10-22(18-23)31-2/h4-15,18H,3,16-17,19H2,1-2H3,(H,26,28). The first kappa shape index (κ1) is 24.9. The van der Waals surface area contributed by atoms with Gasteiger partial charge in [-0.2, -0.15) is 0 Å². The molecule has 8 nitrogen and oxygen atoms in total. The Morgan fingerprint density at radius 3 is 2.26 bits per heavy atom. The predicted octanol–water partition coefficient (Wildman–Crippen LogP) is 3.48. The number of hydrogen-bond donors (Lipinski definition) is 1. The van der Waals surface area contributed by atoms with Crippen LogP contribution in [-0.4, -0.2) is 47.7 Å². The van der Waals surface area contributed by atoms with Crippen LogP contribution in [0.5, 0.6) is 17.2 Å². The Bertz CT molecular complexity index is 1170. The van der Waals surface area contributed by atoms with Crippen LogP contribution in [0.15, 0.2) is 83.8 Å². The lowest BCUT2D eigenvalue weighted by Crippen LogP contribution is -2.41. The summed E-state index contributed by atoms with van der Waals surface area (Å²) in [6.07, 6.45) is 0. The van der Waals surface area contributed by atoms with Gasteiger partial charge in [-0.05, 0) is 55.5 Å². The van der Waals surface area contributed by atoms with E-state index in [0.29, 0.717) is 29.5 Å². The Morgan fingerprint density at radius 1 is 0.882 bits per heavy atom. The summed E-state index contributed by atoms with van der Waals surface area (Å²) in [7, 11) is -2.42. The predicted molar refractivity (Wildman–Crippen MR) is 130 cm³/mol. The largest absolute Gasteiger partial charge is 0.497 e. The van der Waals surface area contributed by atoms with E-state index in [-0.39, 0.29) is 24.6 Å². The van der Waals surface area contributed by atoms with Crippen LogP contribution >= 0.6 is 0 Å². The molecule has 0 fully saturated rings. The molecular weight excluding hydrogens is 456 g/mol. The van der Waals surface area contributed by atoms with Crippen molar-refractivity contribution in [2.45, 2.75) is 11.8 Å². The van der Waals surface area contributed by atoms with Crippen LogP contribution in [0.2, 0.25) is 0 Å². The molecule has 0 aliphatic rings. The van der Waals surface area contributed by atoms with E-state index < -0.39 is 15.9 Å². The number of rotatable bonds is 12. The lowest BCUT2D eigenvalue weighted by Gasteiger charge is -2.24. The highest BCUT2D eigenvalue weighted by Crippen LogP contribution is 2.25. The molecule has 0 bridgehead atoms. The molecule has 0 saturated heterocycles. The van der Waals surface area contributed by atoms with E-state index in [1.807, 2.05) is 6.92 Å². The van der Waals surface area contributed by atoms with Gasteiger partial charge in [0, 0.05) is 6.07 Å². The Morgan fingerprint density at radius 2 is 1.59 bits per heavy atom. The van der Waals surface area contributed by atoms with E-state index in [4.69, 9.17) is 14.2 Å². The van der Waals surface area contributed by atoms with Crippen molar-refractivity contribution in [3.63, 3.8) is 0 Å². The highest BCUT2D eigenvalue weighted by atomic mass is 32.2. The van der Waals surface area contributed by atoms with Gasteiger partial charge in [-0.3, -0.25) is 9.10 Å². The van der Waals surface area contributed by atoms with E-state index in [1.54, 1.807) is 73.8 Å². The zero-order valence-electron chi connectivity index (χ0n) is 19.1. The molecule has 0 saturated carbocycles. The summed E-state index contributed by atoms with van der Waals surface area (Å²) in [5.74, 6) is 1.39. The van der Waals surface area contributed by atoms with Crippen LogP contribution in [0.3, 0.4) is 0 Å². The molecule has 3 aromatic rings. The van der Waals surface area contributed by atoms with Crippen molar-refractivity contribution in [2.24, 2.45) is 0 Å². The van der Waals surface area contributed by atoms with Crippen LogP contribution < -0.4 is 23.8 Å². The second-order valence-corrected chi connectivity index (χ2v) is 8.99. The van der Waals surface area contributed by atoms with Gasteiger partial charge < -0.3 is 19.5 Å². The third kappa shape index (κ3) is 6.64. The fraction of sp³-hybridized carbons (Fsp3) is 0.240. The normalized spacial score (nSPS) is 10.9. The van der Waals surface area contributed by atoms with Gasteiger partial charge in [0.15, 0.2) is 0 Å². The molecule has 0 unspecified atom stereocenters. The van der Waals surface area contributed by atoms with E-state index >= 15 is 0 Å². The van der Waals surface area contributed by atoms with Gasteiger partial charge in [0.05, 0.1) is 30.8 Å². The minimum absolute atomic E-state index is 0.0639. The number of nitrogens with zero attached hydrogens (tertiary/aromatic N) is 1. The van der Waals surface area contributed by atoms with Crippen LogP contribution in [0.25, 0.3) is 0 Å². The van der Waals surface area contributed by atoms with Crippen molar-refractivity contribution < 1.29 is 27.4 Å². The third-order valence-electron chi connectivity index (χ3n) is 4.79. The topological polar surface area (TPSA) is 94.2 Å². The molecule has 180 valence electrons. The summed E-state index contributed by atoms with van der Waals surface area (Å²) in [6, 6.07) is 21.8. The molecule has 0 aliphatic heterocycles. The molecule has 1 amide bonds. The van der Waals surface area contributed by atoms with Crippen LogP contribution in [0.1, 0.15) is 6.92 Å². The van der Waals surface area contributed by atoms with E-state index in [1.165, 1.54) is 12.1 Å². The Labute approximate surface area is 200 Å². The first-order chi connectivity index (χ1) is 16.4. The number of carbonyl (C=O) groups excluding carboxylic acids is 1. The summed E-state index contributed by atoms with van der Waals surface area (Å²) in [4.78, 5) is 12.7. The summed E-state index contributed by atoms with van der Waals surface area (Å²) in [5.41, 5.74) is 0.388. The molecule has 0 spiro atoms. The van der Waals surface area contributed by atoms with Gasteiger partial charge in [0.2, 0.25) is 5.91 Å². The summed E-state index contributed by atoms with van der Waals surface area (Å²) in [5, 5.41) is 2.71. The molecular formula is C25H28N2O6S. The zero-order valence-corrected chi connectivity index (χ0v) is 20.0. The number of amides is 1. The van der Waals surface area contributed by atoms with E-state index in [2.05, 4.69) is 5.32 Å². The van der Waals surface area contributed by atoms with Crippen molar-refractivity contribution in [3.05, 3.63) is 78.9 Å². The fourth-order valence-corrected chi connectivity index (χ4v) is 4.57. The molecule has 34 heavy (non-hydrogen) atoms. The quantitative estimate of drug-likeness (QED) is 0.396. The van der Waals surface area contributed by atoms with Gasteiger partial charge in [-0.25, -0.2) is 8.42 Å². The van der Waals surface area contributed by atoms with Crippen LogP contribution in [-0.2, 0) is 14.8 Å². The number of hydrogen-bond acceptors (Lipinski definition) is 6. The zero-order chi connectivity index (χ0) is 24.4. The molecule has 9 heteroatoms. The van der Waals surface area contributed by atoms with Gasteiger partial charge in [-0.1, -0.05) is 24.3 Å². The Hall–Kier alpha value is -3.72. The molecule has 0 heterocycles. The number of ether oxygens (including phenoxy) is 3. The molecule has 1 N–H and O–H groups in total. The lowest BCUT2D eigenvalue weighted by molar-refractivity contribution is -0.119. The highest BCUT2D eigenvalue weighted by molar-refractivity contribution is 7.92. The molecule has 0 atom stereocenters. The maximum atomic E-state index is 13.4. The summed E-state index contributed by atoms with van der Waals surface area (Å²) in [6.45, 7) is 2.38. The maximum absolute atomic E-state index is 13.4. The number of methoxy groups -OCH3 is 1. The number of sulfonamides is 1. The average Bonchev–Trinajstić information content (AvgIpc) is 2.86. The monoisotopic (exact) mass is 484 g/mol. The van der Waals surface area contributed by atoms with Gasteiger partial charge >= 0.3 is 0 Å². The summed E-state index contributed by atoms with van der Waals surface area (Å²) < 4.78 is 44.0. The minimum atomic E-state index is -3.99. The minimum Gasteiger partial charge on any atom is -0.497 e. The Kier molecular flexibility index (Phi) is 8.75. The maximum Gasteiger partial charge on any atom is 0.264 e. The molecule has 3 rings (SSSR count). The van der Waals surface area contributed by atoms with Gasteiger partial charge in [0.25, 0.3) is 10.0 Å².